The standard InChI is InChI=1S/C45H51N7O6/c1-26(56-2)41(51-45(55)58-4)44(54)52-25-35(57-3)20-38(52)42-48-24-37(50-42)31-13-11-29(12-14-31)28-7-9-30(10-8-28)34-19-36(47-23-34)39-32-15-16-33(18-32)40(39)43(53)49-22-27-6-5-17-46-21-27/h5-14,17,21,23-24,26,32-33,35,38-41H,15-16,18-20,22,25H2,1-4H3,(H,48,50)(H,49,53)(H,51,55)/t26-,32?,33?,35+,38+,39?,40-,41+/m1/s1. The molecule has 2 aromatic heterocycles. The first kappa shape index (κ1) is 39.2. The Morgan fingerprint density at radius 1 is 0.914 bits per heavy atom. The molecule has 0 radical (unpaired) electrons. The smallest absolute Gasteiger partial charge is 0.407 e. The molecule has 3 N–H and O–H groups in total. The molecule has 13 heteroatoms. The van der Waals surface area contributed by atoms with E-state index in [1.807, 2.05) is 18.3 Å². The van der Waals surface area contributed by atoms with Gasteiger partial charge in [-0.15, -0.1) is 0 Å². The van der Waals surface area contributed by atoms with Gasteiger partial charge in [0.15, 0.2) is 0 Å². The minimum Gasteiger partial charge on any atom is -0.453 e. The van der Waals surface area contributed by atoms with Crippen LogP contribution >= 0.6 is 0 Å². The van der Waals surface area contributed by atoms with Crippen molar-refractivity contribution in [1.82, 2.24) is 30.5 Å². The summed E-state index contributed by atoms with van der Waals surface area (Å²) in [6.07, 6.45) is 10.6. The van der Waals surface area contributed by atoms with Crippen molar-refractivity contribution in [3.63, 3.8) is 0 Å². The number of ether oxygens (including phenoxy) is 3. The molecule has 3 fully saturated rings. The van der Waals surface area contributed by atoms with Gasteiger partial charge in [0, 0.05) is 76.3 Å². The molecule has 1 saturated heterocycles. The fraction of sp³-hybridized carbons (Fsp3) is 0.422. The second-order valence-electron chi connectivity index (χ2n) is 15.9. The first-order chi connectivity index (χ1) is 28.2. The lowest BCUT2D eigenvalue weighted by Crippen LogP contribution is -2.54. The topological polar surface area (TPSA) is 160 Å². The van der Waals surface area contributed by atoms with Crippen LogP contribution in [0.5, 0.6) is 0 Å². The second kappa shape index (κ2) is 17.1. The van der Waals surface area contributed by atoms with Crippen molar-refractivity contribution in [3.05, 3.63) is 102 Å². The molecular weight excluding hydrogens is 735 g/mol. The molecular formula is C45H51N7O6. The van der Waals surface area contributed by atoms with Crippen LogP contribution in [-0.2, 0) is 30.3 Å². The highest BCUT2D eigenvalue weighted by Crippen LogP contribution is 2.54. The number of hydrogen-bond donors (Lipinski definition) is 3. The van der Waals surface area contributed by atoms with E-state index < -0.39 is 18.2 Å². The number of methoxy groups -OCH3 is 3. The Labute approximate surface area is 338 Å². The van der Waals surface area contributed by atoms with Gasteiger partial charge in [0.25, 0.3) is 0 Å². The summed E-state index contributed by atoms with van der Waals surface area (Å²) in [6.45, 7) is 2.57. The van der Waals surface area contributed by atoms with Crippen molar-refractivity contribution in [1.29, 1.82) is 0 Å². The number of amides is 3. The van der Waals surface area contributed by atoms with Crippen LogP contribution in [-0.4, -0.2) is 89.6 Å². The Balaban J connectivity index is 0.903. The number of pyridine rings is 1. The van der Waals surface area contributed by atoms with E-state index in [0.717, 1.165) is 58.5 Å². The summed E-state index contributed by atoms with van der Waals surface area (Å²) in [4.78, 5) is 58.4. The number of benzene rings is 2. The van der Waals surface area contributed by atoms with Crippen LogP contribution in [0.2, 0.25) is 0 Å². The van der Waals surface area contributed by atoms with Gasteiger partial charge in [0.05, 0.1) is 37.3 Å². The average molecular weight is 786 g/mol. The average Bonchev–Trinajstić information content (AvgIpc) is 4.13. The van der Waals surface area contributed by atoms with Crippen molar-refractivity contribution in [2.24, 2.45) is 28.7 Å². The van der Waals surface area contributed by atoms with Gasteiger partial charge in [0.2, 0.25) is 11.8 Å². The monoisotopic (exact) mass is 785 g/mol. The number of aromatic amines is 1. The Morgan fingerprint density at radius 2 is 1.64 bits per heavy atom. The summed E-state index contributed by atoms with van der Waals surface area (Å²) in [7, 11) is 4.37. The highest BCUT2D eigenvalue weighted by molar-refractivity contribution is 6.02. The Kier molecular flexibility index (Phi) is 11.5. The lowest BCUT2D eigenvalue weighted by atomic mass is 9.75. The number of nitrogens with one attached hydrogen (secondary N) is 3. The summed E-state index contributed by atoms with van der Waals surface area (Å²) < 4.78 is 15.9. The van der Waals surface area contributed by atoms with Crippen molar-refractivity contribution >= 4 is 29.2 Å². The fourth-order valence-electron chi connectivity index (χ4n) is 9.51. The van der Waals surface area contributed by atoms with E-state index in [4.69, 9.17) is 24.2 Å². The first-order valence-electron chi connectivity index (χ1n) is 20.1. The number of carbonyl (C=O) groups is 3. The lowest BCUT2D eigenvalue weighted by Gasteiger charge is -2.30. The number of hydrogen-bond acceptors (Lipinski definition) is 9. The highest BCUT2D eigenvalue weighted by atomic mass is 16.5. The zero-order chi connectivity index (χ0) is 40.3. The van der Waals surface area contributed by atoms with Gasteiger partial charge in [-0.2, -0.15) is 0 Å². The summed E-state index contributed by atoms with van der Waals surface area (Å²) in [5, 5.41) is 5.83. The Morgan fingerprint density at radius 3 is 2.33 bits per heavy atom. The maximum atomic E-state index is 13.8. The molecule has 4 heterocycles. The van der Waals surface area contributed by atoms with Crippen LogP contribution in [0, 0.1) is 23.7 Å². The molecule has 2 aromatic carbocycles. The highest BCUT2D eigenvalue weighted by Gasteiger charge is 2.52. The van der Waals surface area contributed by atoms with E-state index in [2.05, 4.69) is 69.1 Å². The molecule has 2 saturated carbocycles. The van der Waals surface area contributed by atoms with Gasteiger partial charge in [-0.05, 0) is 77.5 Å². The maximum Gasteiger partial charge on any atom is 0.407 e. The van der Waals surface area contributed by atoms with Crippen LogP contribution in [0.3, 0.4) is 0 Å². The lowest BCUT2D eigenvalue weighted by molar-refractivity contribution is -0.138. The van der Waals surface area contributed by atoms with Gasteiger partial charge in [-0.3, -0.25) is 19.6 Å². The molecule has 8 rings (SSSR count). The molecule has 4 aliphatic rings. The summed E-state index contributed by atoms with van der Waals surface area (Å²) >= 11 is 0. The SMILES string of the molecule is COC(=O)N[C@H](C(=O)N1C[C@@H](OC)C[C@H]1c1ncc(-c2ccc(-c3ccc(C4=CN=C(C5C6CCC(C6)[C@H]5C(=O)NCc5cccnc5)C4)cc3)cc2)[nH]1)[C@@H](C)OC. The zero-order valence-electron chi connectivity index (χ0n) is 33.4. The molecule has 13 nitrogen and oxygen atoms in total. The van der Waals surface area contributed by atoms with E-state index in [-0.39, 0.29) is 35.8 Å². The normalized spacial score (nSPS) is 24.6. The van der Waals surface area contributed by atoms with Gasteiger partial charge >= 0.3 is 6.09 Å². The number of aromatic nitrogens is 3. The number of carbonyl (C=O) groups excluding carboxylic acids is 3. The third-order valence-corrected chi connectivity index (χ3v) is 12.7. The Hall–Kier alpha value is -5.66. The number of aliphatic imine (C=N–C) groups is 1. The van der Waals surface area contributed by atoms with Gasteiger partial charge < -0.3 is 34.7 Å². The number of alkyl carbamates (subject to hydrolysis) is 1. The van der Waals surface area contributed by atoms with E-state index in [9.17, 15) is 14.4 Å². The largest absolute Gasteiger partial charge is 0.453 e. The van der Waals surface area contributed by atoms with Crippen molar-refractivity contribution in [3.8, 4) is 22.4 Å². The number of H-pyrrole nitrogens is 1. The third-order valence-electron chi connectivity index (χ3n) is 12.7. The quantitative estimate of drug-likeness (QED) is 0.141. The van der Waals surface area contributed by atoms with Crippen LogP contribution in [0.15, 0.2) is 90.4 Å². The number of likely N-dealkylation sites (tertiary alicyclic amines) is 1. The van der Waals surface area contributed by atoms with E-state index in [1.165, 1.54) is 26.2 Å². The van der Waals surface area contributed by atoms with Gasteiger partial charge in [-0.1, -0.05) is 54.6 Å². The Bertz CT molecular complexity index is 2170. The predicted molar refractivity (Wildman–Crippen MR) is 219 cm³/mol. The summed E-state index contributed by atoms with van der Waals surface area (Å²) in [5.74, 6) is 1.60. The van der Waals surface area contributed by atoms with Crippen molar-refractivity contribution < 1.29 is 28.6 Å². The molecule has 302 valence electrons. The number of imidazole rings is 1. The van der Waals surface area contributed by atoms with E-state index in [0.29, 0.717) is 37.2 Å². The van der Waals surface area contributed by atoms with Crippen LogP contribution < -0.4 is 10.6 Å². The van der Waals surface area contributed by atoms with E-state index in [1.54, 1.807) is 37.5 Å². The molecule has 2 bridgehead atoms. The van der Waals surface area contributed by atoms with Gasteiger partial charge in [0.1, 0.15) is 11.9 Å². The van der Waals surface area contributed by atoms with Crippen LogP contribution in [0.4, 0.5) is 4.79 Å². The molecule has 4 aromatic rings. The molecule has 3 amide bonds. The number of allylic oxidation sites excluding steroid dienone is 1. The first-order valence-corrected chi connectivity index (χ1v) is 20.1. The number of rotatable bonds is 13. The number of fused-ring (bicyclic) bond motifs is 2. The molecule has 0 spiro atoms. The molecule has 2 aliphatic heterocycles. The maximum absolute atomic E-state index is 13.8. The predicted octanol–water partition coefficient (Wildman–Crippen LogP) is 6.35. The minimum atomic E-state index is -0.948. The van der Waals surface area contributed by atoms with Crippen LogP contribution in [0.25, 0.3) is 28.0 Å². The van der Waals surface area contributed by atoms with Crippen LogP contribution in [0.1, 0.15) is 62.0 Å². The molecule has 58 heavy (non-hydrogen) atoms. The second-order valence-corrected chi connectivity index (χ2v) is 15.9. The van der Waals surface area contributed by atoms with Crippen molar-refractivity contribution in [2.45, 2.75) is 69.9 Å². The van der Waals surface area contributed by atoms with Gasteiger partial charge in [-0.25, -0.2) is 9.78 Å². The zero-order valence-corrected chi connectivity index (χ0v) is 33.4. The molecule has 2 aliphatic carbocycles. The number of nitrogens with zero attached hydrogens (tertiary/aromatic N) is 4. The summed E-state index contributed by atoms with van der Waals surface area (Å²) in [6, 6.07) is 19.5. The van der Waals surface area contributed by atoms with Crippen molar-refractivity contribution in [2.75, 3.05) is 27.9 Å². The summed E-state index contributed by atoms with van der Waals surface area (Å²) in [5.41, 5.74) is 8.46. The minimum absolute atomic E-state index is 0.0233. The molecule has 8 atom stereocenters. The third kappa shape index (κ3) is 7.93. The molecule has 3 unspecified atom stereocenters. The van der Waals surface area contributed by atoms with E-state index >= 15 is 0 Å². The fourth-order valence-corrected chi connectivity index (χ4v) is 9.51.